The molecule has 150 valence electrons. The van der Waals surface area contributed by atoms with Gasteiger partial charge in [0.05, 0.1) is 6.42 Å². The van der Waals surface area contributed by atoms with Crippen LogP contribution in [-0.2, 0) is 22.6 Å². The molecule has 0 heterocycles. The van der Waals surface area contributed by atoms with E-state index in [1.165, 1.54) is 6.07 Å². The number of halogens is 1. The second-order valence-corrected chi connectivity index (χ2v) is 6.99. The van der Waals surface area contributed by atoms with Crippen molar-refractivity contribution in [2.75, 3.05) is 6.54 Å². The Bertz CT molecular complexity index is 789. The van der Waals surface area contributed by atoms with Gasteiger partial charge in [-0.05, 0) is 37.0 Å². The number of carbonyl (C=O) groups is 2. The van der Waals surface area contributed by atoms with Gasteiger partial charge in [-0.2, -0.15) is 0 Å². The van der Waals surface area contributed by atoms with Crippen LogP contribution in [0.4, 0.5) is 4.39 Å². The minimum atomic E-state index is -0.591. The van der Waals surface area contributed by atoms with Crippen LogP contribution in [0.5, 0.6) is 0 Å². The Morgan fingerprint density at radius 3 is 2.36 bits per heavy atom. The van der Waals surface area contributed by atoms with E-state index in [1.807, 2.05) is 45.0 Å². The maximum atomic E-state index is 14.0. The van der Waals surface area contributed by atoms with E-state index in [-0.39, 0.29) is 18.2 Å². The molecule has 0 aliphatic rings. The molecule has 5 heteroatoms. The largest absolute Gasteiger partial charge is 0.354 e. The zero-order chi connectivity index (χ0) is 20.5. The third kappa shape index (κ3) is 5.91. The van der Waals surface area contributed by atoms with Crippen molar-refractivity contribution in [1.82, 2.24) is 10.2 Å². The number of benzene rings is 2. The van der Waals surface area contributed by atoms with E-state index in [9.17, 15) is 14.0 Å². The van der Waals surface area contributed by atoms with Crippen molar-refractivity contribution < 1.29 is 14.0 Å². The number of amides is 2. The molecule has 0 saturated heterocycles. The summed E-state index contributed by atoms with van der Waals surface area (Å²) in [5.41, 5.74) is 2.40. The lowest BCUT2D eigenvalue weighted by Crippen LogP contribution is -2.49. The molecule has 0 bridgehead atoms. The van der Waals surface area contributed by atoms with E-state index < -0.39 is 11.9 Å². The molecular formula is C23H29FN2O2. The van der Waals surface area contributed by atoms with Crippen molar-refractivity contribution in [1.29, 1.82) is 0 Å². The van der Waals surface area contributed by atoms with Crippen LogP contribution in [0.3, 0.4) is 0 Å². The highest BCUT2D eigenvalue weighted by Crippen LogP contribution is 2.16. The summed E-state index contributed by atoms with van der Waals surface area (Å²) in [6, 6.07) is 13.5. The molecule has 2 aromatic rings. The summed E-state index contributed by atoms with van der Waals surface area (Å²) in [5, 5.41) is 2.88. The second kappa shape index (κ2) is 10.6. The van der Waals surface area contributed by atoms with E-state index in [2.05, 4.69) is 5.32 Å². The Labute approximate surface area is 166 Å². The number of nitrogens with zero attached hydrogens (tertiary/aromatic N) is 1. The molecule has 0 saturated carbocycles. The summed E-state index contributed by atoms with van der Waals surface area (Å²) in [6.07, 6.45) is 1.24. The third-order valence-corrected chi connectivity index (χ3v) is 4.71. The summed E-state index contributed by atoms with van der Waals surface area (Å²) in [5.74, 6) is -0.836. The first-order valence-electron chi connectivity index (χ1n) is 9.82. The van der Waals surface area contributed by atoms with Gasteiger partial charge >= 0.3 is 0 Å². The monoisotopic (exact) mass is 384 g/mol. The summed E-state index contributed by atoms with van der Waals surface area (Å²) >= 11 is 0. The van der Waals surface area contributed by atoms with Crippen molar-refractivity contribution in [3.05, 3.63) is 71.0 Å². The fourth-order valence-electron chi connectivity index (χ4n) is 3.08. The Morgan fingerprint density at radius 1 is 1.07 bits per heavy atom. The molecule has 1 N–H and O–H groups in total. The van der Waals surface area contributed by atoms with Gasteiger partial charge in [0.2, 0.25) is 11.8 Å². The topological polar surface area (TPSA) is 49.4 Å². The van der Waals surface area contributed by atoms with Crippen LogP contribution in [0.2, 0.25) is 0 Å². The Morgan fingerprint density at radius 2 is 1.75 bits per heavy atom. The maximum Gasteiger partial charge on any atom is 0.242 e. The molecule has 0 spiro atoms. The number of hydrogen-bond acceptors (Lipinski definition) is 2. The van der Waals surface area contributed by atoms with Crippen molar-refractivity contribution in [3.63, 3.8) is 0 Å². The summed E-state index contributed by atoms with van der Waals surface area (Å²) in [6.45, 7) is 6.74. The third-order valence-electron chi connectivity index (χ3n) is 4.71. The molecule has 28 heavy (non-hydrogen) atoms. The quantitative estimate of drug-likeness (QED) is 0.710. The van der Waals surface area contributed by atoms with Crippen LogP contribution in [0.15, 0.2) is 48.5 Å². The van der Waals surface area contributed by atoms with Crippen molar-refractivity contribution >= 4 is 11.8 Å². The van der Waals surface area contributed by atoms with E-state index in [0.717, 1.165) is 17.5 Å². The average molecular weight is 384 g/mol. The molecule has 0 aromatic heterocycles. The van der Waals surface area contributed by atoms with E-state index in [0.29, 0.717) is 25.1 Å². The summed E-state index contributed by atoms with van der Waals surface area (Å²) < 4.78 is 14.0. The molecule has 2 rings (SSSR count). The minimum Gasteiger partial charge on any atom is -0.354 e. The molecule has 2 aromatic carbocycles. The number of nitrogens with one attached hydrogen (secondary N) is 1. The smallest absolute Gasteiger partial charge is 0.242 e. The first-order valence-corrected chi connectivity index (χ1v) is 9.82. The van der Waals surface area contributed by atoms with Gasteiger partial charge in [-0.25, -0.2) is 4.39 Å². The first-order chi connectivity index (χ1) is 13.5. The molecule has 2 amide bonds. The van der Waals surface area contributed by atoms with Gasteiger partial charge in [-0.1, -0.05) is 61.9 Å². The minimum absolute atomic E-state index is 0.0733. The number of aryl methyl sites for hydroxylation is 1. The van der Waals surface area contributed by atoms with Crippen LogP contribution < -0.4 is 5.32 Å². The van der Waals surface area contributed by atoms with Gasteiger partial charge in [0, 0.05) is 13.1 Å². The van der Waals surface area contributed by atoms with Gasteiger partial charge in [0.25, 0.3) is 0 Å². The Hall–Kier alpha value is -2.69. The lowest BCUT2D eigenvalue weighted by atomic mass is 10.1. The van der Waals surface area contributed by atoms with Crippen LogP contribution >= 0.6 is 0 Å². The summed E-state index contributed by atoms with van der Waals surface area (Å²) in [4.78, 5) is 27.3. The standard InChI is InChI=1S/C23H29FN2O2/c1-4-14-25-23(28)21(5-2)26(16-18-12-10-17(3)11-13-18)22(27)15-19-8-6-7-9-20(19)24/h6-13,21H,4-5,14-16H2,1-3H3,(H,25,28)/t21-/m0/s1. The average Bonchev–Trinajstić information content (AvgIpc) is 2.69. The van der Waals surface area contributed by atoms with Crippen molar-refractivity contribution in [3.8, 4) is 0 Å². The van der Waals surface area contributed by atoms with Crippen LogP contribution in [0.1, 0.15) is 43.4 Å². The molecule has 0 aliphatic heterocycles. The van der Waals surface area contributed by atoms with Crippen LogP contribution in [0, 0.1) is 12.7 Å². The van der Waals surface area contributed by atoms with Gasteiger partial charge in [0.15, 0.2) is 0 Å². The van der Waals surface area contributed by atoms with Gasteiger partial charge in [-0.3, -0.25) is 9.59 Å². The second-order valence-electron chi connectivity index (χ2n) is 6.99. The predicted molar refractivity (Wildman–Crippen MR) is 109 cm³/mol. The molecule has 0 fully saturated rings. The van der Waals surface area contributed by atoms with Crippen molar-refractivity contribution in [2.45, 2.75) is 52.6 Å². The van der Waals surface area contributed by atoms with Crippen LogP contribution in [-0.4, -0.2) is 29.3 Å². The maximum absolute atomic E-state index is 14.0. The molecule has 0 unspecified atom stereocenters. The fourth-order valence-corrected chi connectivity index (χ4v) is 3.08. The van der Waals surface area contributed by atoms with E-state index in [1.54, 1.807) is 23.1 Å². The SMILES string of the molecule is CCCNC(=O)[C@H](CC)N(Cc1ccc(C)cc1)C(=O)Cc1ccccc1F. The highest BCUT2D eigenvalue weighted by Gasteiger charge is 2.28. The molecular weight excluding hydrogens is 355 g/mol. The fraction of sp³-hybridized carbons (Fsp3) is 0.391. The highest BCUT2D eigenvalue weighted by molar-refractivity contribution is 5.88. The van der Waals surface area contributed by atoms with Crippen LogP contribution in [0.25, 0.3) is 0 Å². The molecule has 0 radical (unpaired) electrons. The molecule has 0 aliphatic carbocycles. The normalized spacial score (nSPS) is 11.7. The Kier molecular flexibility index (Phi) is 8.18. The van der Waals surface area contributed by atoms with E-state index in [4.69, 9.17) is 0 Å². The predicted octanol–water partition coefficient (Wildman–Crippen LogP) is 4.01. The van der Waals surface area contributed by atoms with Gasteiger partial charge in [-0.15, -0.1) is 0 Å². The summed E-state index contributed by atoms with van der Waals surface area (Å²) in [7, 11) is 0. The zero-order valence-corrected chi connectivity index (χ0v) is 16.9. The zero-order valence-electron chi connectivity index (χ0n) is 16.9. The Balaban J connectivity index is 2.27. The molecule has 4 nitrogen and oxygen atoms in total. The first kappa shape index (κ1) is 21.6. The highest BCUT2D eigenvalue weighted by atomic mass is 19.1. The molecule has 1 atom stereocenters. The lowest BCUT2D eigenvalue weighted by molar-refractivity contribution is -0.141. The van der Waals surface area contributed by atoms with Crippen molar-refractivity contribution in [2.24, 2.45) is 0 Å². The van der Waals surface area contributed by atoms with E-state index >= 15 is 0 Å². The van der Waals surface area contributed by atoms with Gasteiger partial charge in [0.1, 0.15) is 11.9 Å². The van der Waals surface area contributed by atoms with Gasteiger partial charge < -0.3 is 10.2 Å². The number of carbonyl (C=O) groups excluding carboxylic acids is 2. The number of hydrogen-bond donors (Lipinski definition) is 1. The number of rotatable bonds is 9. The lowest BCUT2D eigenvalue weighted by Gasteiger charge is -2.31.